The molecule has 4 heteroatoms. The lowest BCUT2D eigenvalue weighted by atomic mass is 10.2. The summed E-state index contributed by atoms with van der Waals surface area (Å²) in [6, 6.07) is 3.77. The Bertz CT molecular complexity index is 300. The first-order valence-corrected chi connectivity index (χ1v) is 4.11. The van der Waals surface area contributed by atoms with Gasteiger partial charge in [-0.15, -0.1) is 0 Å². The molecule has 1 rings (SSSR count). The maximum atomic E-state index is 9.60. The quantitative estimate of drug-likeness (QED) is 0.536. The van der Waals surface area contributed by atoms with Gasteiger partial charge in [0.1, 0.15) is 5.69 Å². The summed E-state index contributed by atoms with van der Waals surface area (Å²) in [4.78, 5) is 0. The monoisotopic (exact) mass is 183 g/mol. The molecule has 1 aromatic rings. The van der Waals surface area contributed by atoms with E-state index in [1.165, 1.54) is 0 Å². The fourth-order valence-electron chi connectivity index (χ4n) is 1.22. The van der Waals surface area contributed by atoms with E-state index in [1.54, 1.807) is 14.2 Å². The van der Waals surface area contributed by atoms with Crippen molar-refractivity contribution in [3.05, 3.63) is 23.4 Å². The van der Waals surface area contributed by atoms with E-state index in [2.05, 4.69) is 5.32 Å². The Labute approximate surface area is 77.7 Å². The number of anilines is 1. The molecule has 1 heterocycles. The van der Waals surface area contributed by atoms with Crippen LogP contribution in [0.5, 0.6) is 0 Å². The average molecular weight is 183 g/mol. The van der Waals surface area contributed by atoms with Crippen LogP contribution in [0.15, 0.2) is 12.1 Å². The van der Waals surface area contributed by atoms with Crippen molar-refractivity contribution in [2.24, 2.45) is 0 Å². The summed E-state index contributed by atoms with van der Waals surface area (Å²) in [5.74, 6) is 0.668. The number of aryl methyl sites for hydroxylation is 1. The van der Waals surface area contributed by atoms with Crippen molar-refractivity contribution in [3.8, 4) is 0 Å². The summed E-state index contributed by atoms with van der Waals surface area (Å²) in [7, 11) is 3.39. The number of methoxy groups -OCH3 is 1. The van der Waals surface area contributed by atoms with Crippen LogP contribution in [0, 0.1) is 6.92 Å². The number of nitrogens with one attached hydrogen (secondary N) is 1. The number of ether oxygens (including phenoxy) is 1. The first-order chi connectivity index (χ1) is 6.20. The minimum absolute atomic E-state index is 0.483. The predicted octanol–water partition coefficient (Wildman–Crippen LogP) is 0.708. The van der Waals surface area contributed by atoms with Gasteiger partial charge in [0.05, 0.1) is 19.2 Å². The van der Waals surface area contributed by atoms with Crippen LogP contribution in [0.1, 0.15) is 11.3 Å². The van der Waals surface area contributed by atoms with E-state index in [9.17, 15) is 5.21 Å². The van der Waals surface area contributed by atoms with Gasteiger partial charge in [0, 0.05) is 14.0 Å². The second-order valence-corrected chi connectivity index (χ2v) is 2.84. The van der Waals surface area contributed by atoms with Crippen molar-refractivity contribution < 1.29 is 14.7 Å². The zero-order valence-electron chi connectivity index (χ0n) is 8.16. The summed E-state index contributed by atoms with van der Waals surface area (Å²) < 4.78 is 6.12. The van der Waals surface area contributed by atoms with Crippen LogP contribution in [0.4, 0.5) is 5.82 Å². The standard InChI is InChI=1S/C9H14N2O2/c1-7-4-5-8(6-13-3)9(10-2)11(7)12/h4-5,12H,6H2,1-3H3/p+1. The highest BCUT2D eigenvalue weighted by atomic mass is 16.5. The van der Waals surface area contributed by atoms with Crippen molar-refractivity contribution in [2.45, 2.75) is 13.5 Å². The summed E-state index contributed by atoms with van der Waals surface area (Å²) in [5.41, 5.74) is 1.71. The highest BCUT2D eigenvalue weighted by molar-refractivity contribution is 5.38. The number of pyridine rings is 1. The Hall–Kier alpha value is -1.29. The van der Waals surface area contributed by atoms with Gasteiger partial charge in [-0.1, -0.05) is 0 Å². The third kappa shape index (κ3) is 1.89. The molecule has 0 bridgehead atoms. The van der Waals surface area contributed by atoms with Gasteiger partial charge in [0.2, 0.25) is 0 Å². The smallest absolute Gasteiger partial charge is 0.319 e. The molecule has 0 radical (unpaired) electrons. The van der Waals surface area contributed by atoms with Crippen LogP contribution in [0.2, 0.25) is 0 Å². The van der Waals surface area contributed by atoms with Gasteiger partial charge in [0.25, 0.3) is 0 Å². The third-order valence-corrected chi connectivity index (χ3v) is 1.91. The summed E-state index contributed by atoms with van der Waals surface area (Å²) in [6.07, 6.45) is 0. The minimum atomic E-state index is 0.483. The summed E-state index contributed by atoms with van der Waals surface area (Å²) >= 11 is 0. The molecule has 0 aliphatic heterocycles. The number of hydrogen-bond acceptors (Lipinski definition) is 3. The molecule has 0 aromatic carbocycles. The number of hydrogen-bond donors (Lipinski definition) is 2. The lowest BCUT2D eigenvalue weighted by Gasteiger charge is -2.05. The molecular formula is C9H15N2O2+. The lowest BCUT2D eigenvalue weighted by molar-refractivity contribution is -0.897. The number of aromatic nitrogens is 1. The fraction of sp³-hybridized carbons (Fsp3) is 0.444. The molecule has 1 aromatic heterocycles. The summed E-state index contributed by atoms with van der Waals surface area (Å²) in [6.45, 7) is 2.31. The molecule has 0 spiro atoms. The van der Waals surface area contributed by atoms with Gasteiger partial charge in [0.15, 0.2) is 0 Å². The van der Waals surface area contributed by atoms with E-state index in [-0.39, 0.29) is 0 Å². The molecule has 0 atom stereocenters. The first kappa shape index (κ1) is 9.80. The highest BCUT2D eigenvalue weighted by Crippen LogP contribution is 2.10. The van der Waals surface area contributed by atoms with Crippen LogP contribution in [0.25, 0.3) is 0 Å². The van der Waals surface area contributed by atoms with E-state index >= 15 is 0 Å². The normalized spacial score (nSPS) is 10.1. The van der Waals surface area contributed by atoms with Gasteiger partial charge < -0.3 is 9.94 Å². The topological polar surface area (TPSA) is 45.4 Å². The molecule has 0 fully saturated rings. The molecular weight excluding hydrogens is 168 g/mol. The minimum Gasteiger partial charge on any atom is -0.380 e. The van der Waals surface area contributed by atoms with Crippen LogP contribution in [-0.2, 0) is 11.3 Å². The fourth-order valence-corrected chi connectivity index (χ4v) is 1.22. The van der Waals surface area contributed by atoms with Crippen molar-refractivity contribution in [2.75, 3.05) is 19.5 Å². The van der Waals surface area contributed by atoms with E-state index < -0.39 is 0 Å². The molecule has 0 amide bonds. The molecule has 0 aliphatic carbocycles. The van der Waals surface area contributed by atoms with Gasteiger partial charge >= 0.3 is 5.82 Å². The van der Waals surface area contributed by atoms with Crippen molar-refractivity contribution in [1.82, 2.24) is 0 Å². The zero-order valence-corrected chi connectivity index (χ0v) is 8.16. The van der Waals surface area contributed by atoms with Gasteiger partial charge in [-0.05, 0) is 16.9 Å². The molecule has 0 saturated carbocycles. The lowest BCUT2D eigenvalue weighted by Crippen LogP contribution is -2.37. The SMILES string of the molecule is CNc1c(COC)ccc(C)[n+]1O. The number of nitrogens with zero attached hydrogens (tertiary/aromatic N) is 1. The molecule has 0 aliphatic rings. The molecule has 72 valence electrons. The van der Waals surface area contributed by atoms with Gasteiger partial charge in [-0.3, -0.25) is 5.32 Å². The molecule has 0 saturated heterocycles. The van der Waals surface area contributed by atoms with E-state index in [4.69, 9.17) is 4.74 Å². The van der Waals surface area contributed by atoms with Crippen LogP contribution >= 0.6 is 0 Å². The Kier molecular flexibility index (Phi) is 3.08. The van der Waals surface area contributed by atoms with Crippen LogP contribution in [0.3, 0.4) is 0 Å². The zero-order chi connectivity index (χ0) is 9.84. The maximum absolute atomic E-state index is 9.60. The Morgan fingerprint density at radius 2 is 2.23 bits per heavy atom. The molecule has 2 N–H and O–H groups in total. The average Bonchev–Trinajstić information content (AvgIpc) is 2.12. The Balaban J connectivity index is 3.13. The highest BCUT2D eigenvalue weighted by Gasteiger charge is 2.14. The Morgan fingerprint density at radius 1 is 1.54 bits per heavy atom. The first-order valence-electron chi connectivity index (χ1n) is 4.11. The van der Waals surface area contributed by atoms with E-state index in [0.717, 1.165) is 16.0 Å². The van der Waals surface area contributed by atoms with Crippen molar-refractivity contribution >= 4 is 5.82 Å². The largest absolute Gasteiger partial charge is 0.380 e. The van der Waals surface area contributed by atoms with Crippen molar-refractivity contribution in [3.63, 3.8) is 0 Å². The second kappa shape index (κ2) is 4.09. The third-order valence-electron chi connectivity index (χ3n) is 1.91. The Morgan fingerprint density at radius 3 is 2.77 bits per heavy atom. The summed E-state index contributed by atoms with van der Waals surface area (Å²) in [5, 5.41) is 12.5. The predicted molar refractivity (Wildman–Crippen MR) is 48.8 cm³/mol. The van der Waals surface area contributed by atoms with Gasteiger partial charge in [-0.2, -0.15) is 0 Å². The van der Waals surface area contributed by atoms with Crippen LogP contribution < -0.4 is 10.0 Å². The molecule has 0 unspecified atom stereocenters. The molecule has 4 nitrogen and oxygen atoms in total. The van der Waals surface area contributed by atoms with Crippen LogP contribution in [-0.4, -0.2) is 19.4 Å². The molecule has 13 heavy (non-hydrogen) atoms. The number of rotatable bonds is 3. The van der Waals surface area contributed by atoms with Crippen molar-refractivity contribution in [1.29, 1.82) is 0 Å². The van der Waals surface area contributed by atoms with E-state index in [0.29, 0.717) is 12.4 Å². The maximum Gasteiger partial charge on any atom is 0.319 e. The van der Waals surface area contributed by atoms with E-state index in [1.807, 2.05) is 19.1 Å². The van der Waals surface area contributed by atoms with Gasteiger partial charge in [-0.25, -0.2) is 0 Å². The second-order valence-electron chi connectivity index (χ2n) is 2.84.